The van der Waals surface area contributed by atoms with Crippen LogP contribution in [0.15, 0.2) is 30.5 Å². The van der Waals surface area contributed by atoms with Gasteiger partial charge in [-0.15, -0.1) is 0 Å². The molecule has 2 aliphatic heterocycles. The van der Waals surface area contributed by atoms with Gasteiger partial charge >= 0.3 is 0 Å². The van der Waals surface area contributed by atoms with E-state index in [0.29, 0.717) is 12.5 Å². The molecule has 33 heavy (non-hydrogen) atoms. The Morgan fingerprint density at radius 1 is 1.18 bits per heavy atom. The van der Waals surface area contributed by atoms with Crippen molar-refractivity contribution in [3.05, 3.63) is 47.2 Å². The number of anilines is 3. The second-order valence-electron chi connectivity index (χ2n) is 8.78. The zero-order valence-electron chi connectivity index (χ0n) is 19.4. The van der Waals surface area contributed by atoms with Crippen LogP contribution in [0.1, 0.15) is 23.6 Å². The van der Waals surface area contributed by atoms with Crippen molar-refractivity contribution in [3.63, 3.8) is 0 Å². The minimum absolute atomic E-state index is 0.234. The first kappa shape index (κ1) is 23.0. The van der Waals surface area contributed by atoms with Crippen molar-refractivity contribution in [3.8, 4) is 0 Å². The minimum Gasteiger partial charge on any atom is -0.388 e. The van der Waals surface area contributed by atoms with Crippen LogP contribution in [-0.4, -0.2) is 73.6 Å². The summed E-state index contributed by atoms with van der Waals surface area (Å²) in [5, 5.41) is 10.7. The zero-order chi connectivity index (χ0) is 23.4. The molecule has 1 fully saturated rings. The van der Waals surface area contributed by atoms with Gasteiger partial charge in [0, 0.05) is 69.4 Å². The van der Waals surface area contributed by atoms with Gasteiger partial charge in [0.25, 0.3) is 0 Å². The molecule has 4 N–H and O–H groups in total. The van der Waals surface area contributed by atoms with Gasteiger partial charge in [-0.1, -0.05) is 12.1 Å². The van der Waals surface area contributed by atoms with Gasteiger partial charge in [-0.25, -0.2) is 4.39 Å². The number of benzene rings is 1. The quantitative estimate of drug-likeness (QED) is 0.438. The van der Waals surface area contributed by atoms with Crippen LogP contribution >= 0.6 is 0 Å². The fourth-order valence-corrected chi connectivity index (χ4v) is 4.46. The number of likely N-dealkylation sites (N-methyl/N-ethyl adjacent to an activating group) is 1. The number of nitrogen functional groups attached to an aromatic ring is 1. The van der Waals surface area contributed by atoms with Gasteiger partial charge in [0.15, 0.2) is 0 Å². The van der Waals surface area contributed by atoms with Crippen molar-refractivity contribution in [1.82, 2.24) is 20.2 Å². The molecule has 0 aliphatic carbocycles. The number of allylic oxidation sites excluding steroid dienone is 1. The number of aromatic nitrogens is 2. The molecule has 4 rings (SSSR count). The van der Waals surface area contributed by atoms with Crippen molar-refractivity contribution < 1.29 is 4.39 Å². The zero-order valence-corrected chi connectivity index (χ0v) is 19.4. The largest absolute Gasteiger partial charge is 0.388 e. The van der Waals surface area contributed by atoms with E-state index >= 15 is 0 Å². The summed E-state index contributed by atoms with van der Waals surface area (Å²) < 4.78 is 12.4. The molecule has 9 heteroatoms. The Morgan fingerprint density at radius 3 is 2.67 bits per heavy atom. The molecule has 1 aromatic heterocycles. The minimum atomic E-state index is -0.447. The Bertz CT molecular complexity index is 1020. The molecule has 176 valence electrons. The number of nitrogens with two attached hydrogens (primary N) is 1. The molecule has 8 nitrogen and oxygen atoms in total. The average molecular weight is 453 g/mol. The molecule has 1 unspecified atom stereocenters. The molecule has 0 bridgehead atoms. The van der Waals surface area contributed by atoms with Crippen LogP contribution in [0.2, 0.25) is 0 Å². The molecular formula is C24H33FN8. The molecule has 0 amide bonds. The monoisotopic (exact) mass is 452 g/mol. The Hall–Kier alpha value is -3.20. The summed E-state index contributed by atoms with van der Waals surface area (Å²) in [5.41, 5.74) is 10.3. The van der Waals surface area contributed by atoms with Crippen LogP contribution in [0, 0.1) is 5.41 Å². The van der Waals surface area contributed by atoms with Crippen LogP contribution < -0.4 is 20.9 Å². The SMILES string of the molecule is CC1Cc2ccc(/C(C=N)=C/NCCF)cc2CN1c1cc(N2CCN(C)CC2)nc(N)n1. The molecule has 0 radical (unpaired) electrons. The predicted octanol–water partition coefficient (Wildman–Crippen LogP) is 2.31. The number of fused-ring (bicyclic) bond motifs is 1. The smallest absolute Gasteiger partial charge is 0.223 e. The third-order valence-electron chi connectivity index (χ3n) is 6.42. The van der Waals surface area contributed by atoms with Crippen molar-refractivity contribution in [2.45, 2.75) is 25.9 Å². The normalized spacial score (nSPS) is 19.4. The highest BCUT2D eigenvalue weighted by atomic mass is 19.1. The summed E-state index contributed by atoms with van der Waals surface area (Å²) in [5.74, 6) is 2.01. The summed E-state index contributed by atoms with van der Waals surface area (Å²) in [6.07, 6.45) is 3.89. The van der Waals surface area contributed by atoms with E-state index < -0.39 is 6.67 Å². The third-order valence-corrected chi connectivity index (χ3v) is 6.42. The van der Waals surface area contributed by atoms with Crippen molar-refractivity contribution >= 4 is 29.4 Å². The Morgan fingerprint density at radius 2 is 1.94 bits per heavy atom. The predicted molar refractivity (Wildman–Crippen MR) is 133 cm³/mol. The molecule has 1 saturated heterocycles. The second kappa shape index (κ2) is 10.2. The van der Waals surface area contributed by atoms with Gasteiger partial charge < -0.3 is 31.2 Å². The van der Waals surface area contributed by atoms with E-state index in [1.807, 2.05) is 6.07 Å². The highest BCUT2D eigenvalue weighted by Crippen LogP contribution is 2.31. The molecule has 2 aliphatic rings. The molecule has 0 spiro atoms. The molecule has 3 heterocycles. The van der Waals surface area contributed by atoms with Gasteiger partial charge in [0.05, 0.1) is 0 Å². The Balaban J connectivity index is 1.59. The van der Waals surface area contributed by atoms with Crippen molar-refractivity contribution in [2.75, 3.05) is 62.0 Å². The summed E-state index contributed by atoms with van der Waals surface area (Å²) >= 11 is 0. The van der Waals surface area contributed by atoms with Crippen molar-refractivity contribution in [1.29, 1.82) is 5.41 Å². The van der Waals surface area contributed by atoms with Crippen LogP contribution in [0.4, 0.5) is 22.0 Å². The standard InChI is InChI=1S/C24H33FN8/c1-17-11-18-3-4-19(21(14-26)15-28-6-5-25)12-20(18)16-33(17)23-13-22(29-24(27)30-23)32-9-7-31(2)8-10-32/h3-4,12-15,17,26,28H,5-11,16H2,1-2H3,(H2,27,29,30)/b21-15+,26-14?. The molecule has 2 aromatic rings. The number of halogens is 1. The van der Waals surface area contributed by atoms with Crippen molar-refractivity contribution in [2.24, 2.45) is 0 Å². The van der Waals surface area contributed by atoms with Crippen LogP contribution in [-0.2, 0) is 13.0 Å². The van der Waals surface area contributed by atoms with Crippen LogP contribution in [0.3, 0.4) is 0 Å². The van der Waals surface area contributed by atoms with E-state index in [-0.39, 0.29) is 12.6 Å². The maximum Gasteiger partial charge on any atom is 0.223 e. The molecule has 1 atom stereocenters. The van der Waals surface area contributed by atoms with Gasteiger partial charge in [0.2, 0.25) is 5.95 Å². The summed E-state index contributed by atoms with van der Waals surface area (Å²) in [4.78, 5) is 15.9. The number of alkyl halides is 1. The van der Waals surface area contributed by atoms with E-state index in [1.165, 1.54) is 17.3 Å². The second-order valence-corrected chi connectivity index (χ2v) is 8.78. The fourth-order valence-electron chi connectivity index (χ4n) is 4.46. The van der Waals surface area contributed by atoms with Gasteiger partial charge in [-0.3, -0.25) is 0 Å². The first-order valence-electron chi connectivity index (χ1n) is 11.5. The number of rotatable bonds is 7. The maximum absolute atomic E-state index is 12.4. The summed E-state index contributed by atoms with van der Waals surface area (Å²) in [7, 11) is 2.13. The van der Waals surface area contributed by atoms with Crippen LogP contribution in [0.5, 0.6) is 0 Å². The molecule has 1 aromatic carbocycles. The lowest BCUT2D eigenvalue weighted by atomic mass is 9.91. The van der Waals surface area contributed by atoms with E-state index in [0.717, 1.165) is 55.4 Å². The molecular weight excluding hydrogens is 419 g/mol. The third kappa shape index (κ3) is 5.24. The van der Waals surface area contributed by atoms with E-state index in [9.17, 15) is 4.39 Å². The highest BCUT2D eigenvalue weighted by molar-refractivity contribution is 6.08. The number of nitrogens with one attached hydrogen (secondary N) is 2. The van der Waals surface area contributed by atoms with E-state index in [1.54, 1.807) is 6.20 Å². The summed E-state index contributed by atoms with van der Waals surface area (Å²) in [6.45, 7) is 6.53. The first-order chi connectivity index (χ1) is 16.0. The summed E-state index contributed by atoms with van der Waals surface area (Å²) in [6, 6.07) is 8.60. The van der Waals surface area contributed by atoms with Gasteiger partial charge in [-0.05, 0) is 43.1 Å². The maximum atomic E-state index is 12.4. The highest BCUT2D eigenvalue weighted by Gasteiger charge is 2.26. The topological polar surface area (TPSA) is 97.4 Å². The van der Waals surface area contributed by atoms with Gasteiger partial charge in [0.1, 0.15) is 18.3 Å². The fraction of sp³-hybridized carbons (Fsp3) is 0.458. The Labute approximate surface area is 194 Å². The lowest BCUT2D eigenvalue weighted by molar-refractivity contribution is 0.312. The van der Waals surface area contributed by atoms with Crippen LogP contribution in [0.25, 0.3) is 5.57 Å². The Kier molecular flexibility index (Phi) is 7.08. The van der Waals surface area contributed by atoms with E-state index in [2.05, 4.69) is 62.2 Å². The number of hydrogen-bond donors (Lipinski definition) is 3. The van der Waals surface area contributed by atoms with E-state index in [4.69, 9.17) is 11.1 Å². The average Bonchev–Trinajstić information content (AvgIpc) is 2.81. The van der Waals surface area contributed by atoms with Gasteiger partial charge in [-0.2, -0.15) is 9.97 Å². The number of nitrogens with zero attached hydrogens (tertiary/aromatic N) is 5. The number of hydrogen-bond acceptors (Lipinski definition) is 8. The number of piperazine rings is 1. The lowest BCUT2D eigenvalue weighted by Crippen LogP contribution is -2.45. The first-order valence-corrected chi connectivity index (χ1v) is 11.5. The lowest BCUT2D eigenvalue weighted by Gasteiger charge is -2.37. The molecule has 0 saturated carbocycles.